The van der Waals surface area contributed by atoms with E-state index in [0.717, 1.165) is 37.7 Å². The van der Waals surface area contributed by atoms with E-state index >= 15 is 0 Å². The summed E-state index contributed by atoms with van der Waals surface area (Å²) < 4.78 is 5.75. The van der Waals surface area contributed by atoms with E-state index < -0.39 is 12.2 Å². The number of aliphatic hydroxyl groups excluding tert-OH is 3. The molecule has 6 heteroatoms. The summed E-state index contributed by atoms with van der Waals surface area (Å²) in [4.78, 5) is 26.1. The van der Waals surface area contributed by atoms with Crippen LogP contribution in [0.3, 0.4) is 0 Å². The van der Waals surface area contributed by atoms with Crippen molar-refractivity contribution in [2.45, 2.75) is 118 Å². The van der Waals surface area contributed by atoms with Crippen molar-refractivity contribution >= 4 is 11.8 Å². The summed E-state index contributed by atoms with van der Waals surface area (Å²) in [5, 5.41) is 32.8. The van der Waals surface area contributed by atoms with Crippen LogP contribution in [0.25, 0.3) is 0 Å². The van der Waals surface area contributed by atoms with Crippen molar-refractivity contribution in [3.63, 3.8) is 0 Å². The lowest BCUT2D eigenvalue weighted by atomic mass is 9.45. The average Bonchev–Trinajstić information content (AvgIpc) is 3.11. The zero-order valence-corrected chi connectivity index (χ0v) is 25.4. The van der Waals surface area contributed by atoms with Gasteiger partial charge in [-0.15, -0.1) is 0 Å². The van der Waals surface area contributed by atoms with Crippen LogP contribution in [0.5, 0.6) is 0 Å². The van der Waals surface area contributed by atoms with E-state index in [0.29, 0.717) is 37.0 Å². The molecule has 11 unspecified atom stereocenters. The second kappa shape index (κ2) is 11.6. The first-order chi connectivity index (χ1) is 18.2. The highest BCUT2D eigenvalue weighted by molar-refractivity contribution is 5.95. The van der Waals surface area contributed by atoms with E-state index in [9.17, 15) is 24.9 Å². The summed E-state index contributed by atoms with van der Waals surface area (Å²) in [7, 11) is 0. The van der Waals surface area contributed by atoms with Crippen LogP contribution in [-0.4, -0.2) is 52.0 Å². The van der Waals surface area contributed by atoms with Crippen molar-refractivity contribution in [1.82, 2.24) is 0 Å². The predicted molar refractivity (Wildman–Crippen MR) is 152 cm³/mol. The molecule has 0 aromatic rings. The van der Waals surface area contributed by atoms with Crippen LogP contribution < -0.4 is 0 Å². The van der Waals surface area contributed by atoms with Crippen molar-refractivity contribution in [1.29, 1.82) is 0 Å². The number of esters is 1. The first-order valence-corrected chi connectivity index (χ1v) is 15.7. The van der Waals surface area contributed by atoms with E-state index in [2.05, 4.69) is 34.6 Å². The van der Waals surface area contributed by atoms with E-state index in [-0.39, 0.29) is 64.9 Å². The Balaban J connectivity index is 1.56. The maximum Gasteiger partial charge on any atom is 0.308 e. The predicted octanol–water partition coefficient (Wildman–Crippen LogP) is 5.32. The second-order valence-electron chi connectivity index (χ2n) is 14.8. The van der Waals surface area contributed by atoms with Gasteiger partial charge in [0.05, 0.1) is 18.1 Å². The molecule has 4 rings (SSSR count). The van der Waals surface area contributed by atoms with E-state index in [1.807, 2.05) is 13.8 Å². The molecular weight excluding hydrogens is 492 g/mol. The number of allylic oxidation sites excluding steroid dienone is 1. The fourth-order valence-corrected chi connectivity index (χ4v) is 9.53. The van der Waals surface area contributed by atoms with E-state index in [1.165, 1.54) is 0 Å². The minimum atomic E-state index is -0.610. The Labute approximate surface area is 236 Å². The Kier molecular flexibility index (Phi) is 9.11. The maximum atomic E-state index is 13.8. The van der Waals surface area contributed by atoms with Crippen LogP contribution in [0.4, 0.5) is 0 Å². The first kappa shape index (κ1) is 30.7. The van der Waals surface area contributed by atoms with Gasteiger partial charge in [0.2, 0.25) is 0 Å². The van der Waals surface area contributed by atoms with Gasteiger partial charge in [-0.25, -0.2) is 0 Å². The molecule has 4 aliphatic carbocycles. The van der Waals surface area contributed by atoms with Gasteiger partial charge in [0, 0.05) is 30.8 Å². The van der Waals surface area contributed by atoms with E-state index in [1.54, 1.807) is 6.08 Å². The largest absolute Gasteiger partial charge is 0.462 e. The molecule has 222 valence electrons. The number of fused-ring (bicyclic) bond motifs is 5. The molecule has 3 N–H and O–H groups in total. The lowest BCUT2D eigenvalue weighted by molar-refractivity contribution is -0.165. The Hall–Kier alpha value is -1.24. The highest BCUT2D eigenvalue weighted by atomic mass is 16.5. The third-order valence-electron chi connectivity index (χ3n) is 11.8. The van der Waals surface area contributed by atoms with Crippen molar-refractivity contribution in [2.24, 2.45) is 58.2 Å². The standard InChI is InChI=1S/C33H54O6/c1-18(2)21(11-13-34)9-8-20(5)24-16-26(36)29-28-25(35)15-22-14-23(39-31(38)19(3)4)10-12-32(22,6)30(28)27(37)17-33(24,29)7/h15,18-21,23-24,26-30,34,36-37H,8-14,16-17H2,1-7H3. The van der Waals surface area contributed by atoms with Gasteiger partial charge in [-0.1, -0.05) is 60.5 Å². The zero-order valence-electron chi connectivity index (χ0n) is 25.4. The minimum Gasteiger partial charge on any atom is -0.462 e. The molecule has 0 spiro atoms. The number of hydrogen-bond acceptors (Lipinski definition) is 6. The summed E-state index contributed by atoms with van der Waals surface area (Å²) in [5.74, 6) is 0.490. The Morgan fingerprint density at radius 1 is 1.05 bits per heavy atom. The molecule has 39 heavy (non-hydrogen) atoms. The summed E-state index contributed by atoms with van der Waals surface area (Å²) in [5.41, 5.74) is 0.369. The van der Waals surface area contributed by atoms with Gasteiger partial charge in [-0.3, -0.25) is 9.59 Å². The molecule has 0 heterocycles. The van der Waals surface area contributed by atoms with Gasteiger partial charge in [0.25, 0.3) is 0 Å². The fourth-order valence-electron chi connectivity index (χ4n) is 9.53. The summed E-state index contributed by atoms with van der Waals surface area (Å²) in [6.45, 7) is 15.0. The number of aliphatic hydroxyl groups is 3. The van der Waals surface area contributed by atoms with Gasteiger partial charge < -0.3 is 20.1 Å². The van der Waals surface area contributed by atoms with Gasteiger partial charge in [0.1, 0.15) is 6.10 Å². The molecule has 6 nitrogen and oxygen atoms in total. The molecule has 0 aromatic carbocycles. The number of carbonyl (C=O) groups excluding carboxylic acids is 2. The molecule has 0 aliphatic heterocycles. The molecule has 0 amide bonds. The van der Waals surface area contributed by atoms with Gasteiger partial charge in [-0.2, -0.15) is 0 Å². The van der Waals surface area contributed by atoms with Crippen molar-refractivity contribution in [3.8, 4) is 0 Å². The lowest BCUT2D eigenvalue weighted by Gasteiger charge is -2.59. The molecule has 0 radical (unpaired) electrons. The third-order valence-corrected chi connectivity index (χ3v) is 11.8. The second-order valence-corrected chi connectivity index (χ2v) is 14.8. The molecule has 0 saturated heterocycles. The van der Waals surface area contributed by atoms with Crippen molar-refractivity contribution < 1.29 is 29.6 Å². The van der Waals surface area contributed by atoms with Gasteiger partial charge >= 0.3 is 5.97 Å². The van der Waals surface area contributed by atoms with Crippen LogP contribution in [0.1, 0.15) is 99.8 Å². The highest BCUT2D eigenvalue weighted by Gasteiger charge is 2.66. The Bertz CT molecular complexity index is 940. The Morgan fingerprint density at radius 3 is 2.36 bits per heavy atom. The average molecular weight is 547 g/mol. The van der Waals surface area contributed by atoms with E-state index in [4.69, 9.17) is 4.74 Å². The molecule has 0 aromatic heterocycles. The monoisotopic (exact) mass is 546 g/mol. The SMILES string of the molecule is CC(C)C(=O)OC1CCC2(C)C(=CC(=O)C3C2C(O)CC2(C)C(C(C)CCC(CCO)C(C)C)CC(O)C32)C1. The Morgan fingerprint density at radius 2 is 1.74 bits per heavy atom. The minimum absolute atomic E-state index is 0.0356. The third kappa shape index (κ3) is 5.51. The smallest absolute Gasteiger partial charge is 0.308 e. The molecular formula is C33H54O6. The summed E-state index contributed by atoms with van der Waals surface area (Å²) in [6.07, 6.45) is 6.63. The first-order valence-electron chi connectivity index (χ1n) is 15.7. The number of rotatable bonds is 9. The lowest BCUT2D eigenvalue weighted by Crippen LogP contribution is -2.60. The van der Waals surface area contributed by atoms with Crippen molar-refractivity contribution in [2.75, 3.05) is 6.61 Å². The normalized spacial score (nSPS) is 41.5. The van der Waals surface area contributed by atoms with Crippen molar-refractivity contribution in [3.05, 3.63) is 11.6 Å². The van der Waals surface area contributed by atoms with Gasteiger partial charge in [-0.05, 0) is 79.1 Å². The van der Waals surface area contributed by atoms with Crippen LogP contribution in [0.2, 0.25) is 0 Å². The van der Waals surface area contributed by atoms with Crippen LogP contribution in [0.15, 0.2) is 11.6 Å². The van der Waals surface area contributed by atoms with Gasteiger partial charge in [0.15, 0.2) is 5.78 Å². The summed E-state index contributed by atoms with van der Waals surface area (Å²) in [6, 6.07) is 0. The zero-order chi connectivity index (χ0) is 28.9. The molecule has 3 saturated carbocycles. The topological polar surface area (TPSA) is 104 Å². The van der Waals surface area contributed by atoms with Crippen LogP contribution >= 0.6 is 0 Å². The molecule has 11 atom stereocenters. The number of ketones is 1. The number of hydrogen-bond donors (Lipinski definition) is 3. The maximum absolute atomic E-state index is 13.8. The highest BCUT2D eigenvalue weighted by Crippen LogP contribution is 2.66. The fraction of sp³-hybridized carbons (Fsp3) is 0.879. The number of ether oxygens (including phenoxy) is 1. The molecule has 4 aliphatic rings. The molecule has 0 bridgehead atoms. The molecule has 3 fully saturated rings. The van der Waals surface area contributed by atoms with Crippen LogP contribution in [-0.2, 0) is 14.3 Å². The van der Waals surface area contributed by atoms with Crippen LogP contribution in [0, 0.1) is 58.2 Å². The summed E-state index contributed by atoms with van der Waals surface area (Å²) >= 11 is 0. The number of carbonyl (C=O) groups is 2. The quantitative estimate of drug-likeness (QED) is 0.338.